The van der Waals surface area contributed by atoms with E-state index >= 15 is 0 Å². The second-order valence-corrected chi connectivity index (χ2v) is 13.5. The number of piperidine rings is 1. The number of amides is 1. The second kappa shape index (κ2) is 15.1. The van der Waals surface area contributed by atoms with Crippen LogP contribution in [0.4, 0.5) is 13.2 Å². The lowest BCUT2D eigenvalue weighted by Crippen LogP contribution is -2.44. The number of carbonyl (C=O) groups is 1. The summed E-state index contributed by atoms with van der Waals surface area (Å²) < 4.78 is 47.5. The summed E-state index contributed by atoms with van der Waals surface area (Å²) in [5, 5.41) is 0. The van der Waals surface area contributed by atoms with Gasteiger partial charge in [0.1, 0.15) is 5.75 Å². The Morgan fingerprint density at radius 2 is 1.58 bits per heavy atom. The fourth-order valence-corrected chi connectivity index (χ4v) is 7.50. The summed E-state index contributed by atoms with van der Waals surface area (Å²) in [4.78, 5) is 15.6. The van der Waals surface area contributed by atoms with E-state index in [2.05, 4.69) is 33.5 Å². The Bertz CT molecular complexity index is 1160. The number of fused-ring (bicyclic) bond motifs is 1. The summed E-state index contributed by atoms with van der Waals surface area (Å²) in [5.41, 5.74) is 7.02. The molecule has 43 heavy (non-hydrogen) atoms. The van der Waals surface area contributed by atoms with Gasteiger partial charge < -0.3 is 15.4 Å². The summed E-state index contributed by atoms with van der Waals surface area (Å²) in [7, 11) is 0. The maximum atomic E-state index is 13.0. The van der Waals surface area contributed by atoms with Crippen LogP contribution in [0.15, 0.2) is 47.4 Å². The summed E-state index contributed by atoms with van der Waals surface area (Å²) in [6, 6.07) is 13.3. The molecule has 1 amide bonds. The molecular formula is C33H45F3N4O2S. The van der Waals surface area contributed by atoms with Crippen LogP contribution in [0.25, 0.3) is 0 Å². The van der Waals surface area contributed by atoms with Crippen LogP contribution in [0.1, 0.15) is 74.1 Å². The van der Waals surface area contributed by atoms with E-state index in [0.29, 0.717) is 12.0 Å². The molecule has 2 N–H and O–H groups in total. The molecule has 2 heterocycles. The highest BCUT2D eigenvalue weighted by Gasteiger charge is 2.35. The standard InChI is InChI=1S/C27H33F3N2OS.C6H12N2O/c28-27(29,30)22-7-12-25-21(18-22)6-13-26(25)31-14-16-32(17-15-31)34-24-10-8-23(9-11-24)33-19-20-4-2-1-3-5-20;7-6-1-3-8(5-9)4-2-6/h7-12,18,20,26H,1-6,13-17,19H2;5-6H,1-4,7H2/t26-;/m1./s1. The Kier molecular flexibility index (Phi) is 11.3. The van der Waals surface area contributed by atoms with Crippen molar-refractivity contribution in [2.45, 2.75) is 80.9 Å². The van der Waals surface area contributed by atoms with Gasteiger partial charge in [0, 0.05) is 56.2 Å². The third-order valence-corrected chi connectivity index (χ3v) is 10.3. The highest BCUT2D eigenvalue weighted by Crippen LogP contribution is 2.40. The molecule has 0 radical (unpaired) electrons. The molecule has 0 unspecified atom stereocenters. The fourth-order valence-electron chi connectivity index (χ4n) is 6.60. The van der Waals surface area contributed by atoms with Gasteiger partial charge in [-0.2, -0.15) is 13.2 Å². The normalized spacial score (nSPS) is 22.5. The minimum Gasteiger partial charge on any atom is -0.493 e. The molecule has 1 atom stereocenters. The summed E-state index contributed by atoms with van der Waals surface area (Å²) in [6.45, 7) is 6.25. The van der Waals surface area contributed by atoms with Crippen LogP contribution in [0, 0.1) is 5.92 Å². The lowest BCUT2D eigenvalue weighted by molar-refractivity contribution is -0.137. The number of ether oxygens (including phenoxy) is 1. The number of alkyl halides is 3. The number of nitrogens with zero attached hydrogens (tertiary/aromatic N) is 3. The average molecular weight is 619 g/mol. The zero-order chi connectivity index (χ0) is 30.2. The summed E-state index contributed by atoms with van der Waals surface area (Å²) in [6.07, 6.45) is 6.81. The first kappa shape index (κ1) is 32.1. The largest absolute Gasteiger partial charge is 0.493 e. The fraction of sp³-hybridized carbons (Fsp3) is 0.606. The average Bonchev–Trinajstić information content (AvgIpc) is 3.45. The SMILES string of the molecule is FC(F)(F)c1ccc2c(c1)CC[C@H]2N1CCN(Sc2ccc(OCC3CCCCC3)cc2)CC1.NC1CCN(C=O)CC1. The van der Waals surface area contributed by atoms with E-state index in [-0.39, 0.29) is 6.04 Å². The molecule has 2 aliphatic heterocycles. The van der Waals surface area contributed by atoms with Gasteiger partial charge in [-0.1, -0.05) is 25.3 Å². The first-order chi connectivity index (χ1) is 20.8. The molecule has 0 aromatic heterocycles. The number of carbonyl (C=O) groups excluding carboxylic acids is 1. The van der Waals surface area contributed by atoms with Gasteiger partial charge in [-0.3, -0.25) is 9.69 Å². The molecule has 6 nitrogen and oxygen atoms in total. The molecule has 3 fully saturated rings. The molecule has 236 valence electrons. The van der Waals surface area contributed by atoms with Gasteiger partial charge >= 0.3 is 6.18 Å². The summed E-state index contributed by atoms with van der Waals surface area (Å²) in [5.74, 6) is 1.66. The van der Waals surface area contributed by atoms with E-state index in [9.17, 15) is 18.0 Å². The van der Waals surface area contributed by atoms with E-state index in [1.807, 2.05) is 0 Å². The van der Waals surface area contributed by atoms with E-state index in [1.165, 1.54) is 49.1 Å². The van der Waals surface area contributed by atoms with Crippen molar-refractivity contribution >= 4 is 18.4 Å². The van der Waals surface area contributed by atoms with Gasteiger partial charge in [-0.25, -0.2) is 4.31 Å². The highest BCUT2D eigenvalue weighted by atomic mass is 32.2. The maximum absolute atomic E-state index is 13.0. The van der Waals surface area contributed by atoms with Crippen molar-refractivity contribution in [3.05, 3.63) is 59.2 Å². The second-order valence-electron chi connectivity index (χ2n) is 12.3. The number of likely N-dealkylation sites (tertiary alicyclic amines) is 1. The molecule has 4 aliphatic rings. The van der Waals surface area contributed by atoms with Gasteiger partial charge in [0.2, 0.25) is 6.41 Å². The number of piperazine rings is 1. The predicted molar refractivity (Wildman–Crippen MR) is 165 cm³/mol. The Morgan fingerprint density at radius 3 is 2.23 bits per heavy atom. The summed E-state index contributed by atoms with van der Waals surface area (Å²) >= 11 is 1.78. The Morgan fingerprint density at radius 1 is 0.884 bits per heavy atom. The van der Waals surface area contributed by atoms with Crippen molar-refractivity contribution in [2.24, 2.45) is 11.7 Å². The van der Waals surface area contributed by atoms with Crippen LogP contribution in [-0.4, -0.2) is 72.4 Å². The number of hydrogen-bond donors (Lipinski definition) is 1. The number of hydrogen-bond acceptors (Lipinski definition) is 6. The van der Waals surface area contributed by atoms with Crippen molar-refractivity contribution in [2.75, 3.05) is 45.9 Å². The number of benzene rings is 2. The number of halogens is 3. The zero-order valence-corrected chi connectivity index (χ0v) is 25.8. The van der Waals surface area contributed by atoms with Gasteiger partial charge in [0.25, 0.3) is 0 Å². The molecule has 2 saturated heterocycles. The molecule has 6 rings (SSSR count). The number of rotatable bonds is 7. The van der Waals surface area contributed by atoms with Crippen molar-refractivity contribution in [3.63, 3.8) is 0 Å². The van der Waals surface area contributed by atoms with Crippen molar-refractivity contribution in [1.29, 1.82) is 0 Å². The predicted octanol–water partition coefficient (Wildman–Crippen LogP) is 6.54. The van der Waals surface area contributed by atoms with Crippen molar-refractivity contribution < 1.29 is 22.7 Å². The Hall–Kier alpha value is -2.27. The molecular weight excluding hydrogens is 573 g/mol. The van der Waals surface area contributed by atoms with Gasteiger partial charge in [-0.15, -0.1) is 0 Å². The van der Waals surface area contributed by atoms with Crippen LogP contribution in [0.5, 0.6) is 5.75 Å². The third kappa shape index (κ3) is 9.12. The van der Waals surface area contributed by atoms with Gasteiger partial charge in [0.05, 0.1) is 12.2 Å². The first-order valence-corrected chi connectivity index (χ1v) is 16.6. The molecule has 0 bridgehead atoms. The van der Waals surface area contributed by atoms with Crippen molar-refractivity contribution in [1.82, 2.24) is 14.1 Å². The van der Waals surface area contributed by atoms with E-state index in [4.69, 9.17) is 10.5 Å². The van der Waals surface area contributed by atoms with Crippen LogP contribution < -0.4 is 10.5 Å². The van der Waals surface area contributed by atoms with Gasteiger partial charge in [-0.05, 0) is 104 Å². The monoisotopic (exact) mass is 618 g/mol. The molecule has 2 aromatic carbocycles. The highest BCUT2D eigenvalue weighted by molar-refractivity contribution is 7.97. The molecule has 2 aliphatic carbocycles. The van der Waals surface area contributed by atoms with Crippen LogP contribution >= 0.6 is 11.9 Å². The topological polar surface area (TPSA) is 62.0 Å². The Balaban J connectivity index is 0.000000351. The van der Waals surface area contributed by atoms with E-state index in [0.717, 1.165) is 94.8 Å². The van der Waals surface area contributed by atoms with Gasteiger partial charge in [0.15, 0.2) is 0 Å². The van der Waals surface area contributed by atoms with E-state index < -0.39 is 11.7 Å². The quantitative estimate of drug-likeness (QED) is 0.281. The number of aryl methyl sites for hydroxylation is 1. The van der Waals surface area contributed by atoms with Crippen LogP contribution in [-0.2, 0) is 17.4 Å². The number of nitrogens with two attached hydrogens (primary N) is 1. The van der Waals surface area contributed by atoms with Crippen molar-refractivity contribution in [3.8, 4) is 5.75 Å². The molecule has 2 aromatic rings. The molecule has 1 saturated carbocycles. The minimum atomic E-state index is -4.27. The first-order valence-electron chi connectivity index (χ1n) is 15.8. The maximum Gasteiger partial charge on any atom is 0.416 e. The molecule has 0 spiro atoms. The van der Waals surface area contributed by atoms with Crippen LogP contribution in [0.2, 0.25) is 0 Å². The lowest BCUT2D eigenvalue weighted by atomic mass is 9.90. The van der Waals surface area contributed by atoms with E-state index in [1.54, 1.807) is 22.9 Å². The minimum absolute atomic E-state index is 0.241. The Labute approximate surface area is 258 Å². The molecule has 10 heteroatoms. The third-order valence-electron chi connectivity index (χ3n) is 9.22. The zero-order valence-electron chi connectivity index (χ0n) is 24.9. The lowest BCUT2D eigenvalue weighted by Gasteiger charge is -2.37. The smallest absolute Gasteiger partial charge is 0.416 e. The van der Waals surface area contributed by atoms with Crippen LogP contribution in [0.3, 0.4) is 0 Å².